The molecule has 4 atom stereocenters. The summed E-state index contributed by atoms with van der Waals surface area (Å²) >= 11 is 6.12. The molecular formula is C21H23Cl2FN2O2. The first-order valence-electron chi connectivity index (χ1n) is 9.24. The van der Waals surface area contributed by atoms with Crippen molar-refractivity contribution < 1.29 is 13.9 Å². The lowest BCUT2D eigenvalue weighted by atomic mass is 9.98. The lowest BCUT2D eigenvalue weighted by Crippen LogP contribution is -2.38. The van der Waals surface area contributed by atoms with E-state index in [-0.39, 0.29) is 35.1 Å². The van der Waals surface area contributed by atoms with E-state index in [0.29, 0.717) is 24.9 Å². The summed E-state index contributed by atoms with van der Waals surface area (Å²) in [6.07, 6.45) is 1.27. The van der Waals surface area contributed by atoms with Crippen LogP contribution in [0.3, 0.4) is 0 Å². The molecule has 0 spiro atoms. The third-order valence-corrected chi connectivity index (χ3v) is 5.98. The highest BCUT2D eigenvalue weighted by Crippen LogP contribution is 2.39. The molecule has 4 nitrogen and oxygen atoms in total. The number of nitrogens with two attached hydrogens (primary N) is 1. The normalized spacial score (nSPS) is 24.4. The Balaban J connectivity index is 0.00000225. The summed E-state index contributed by atoms with van der Waals surface area (Å²) in [5.74, 6) is 0.561. The largest absolute Gasteiger partial charge is 0.474 e. The summed E-state index contributed by atoms with van der Waals surface area (Å²) in [6, 6.07) is 13.4. The zero-order valence-corrected chi connectivity index (χ0v) is 16.8. The fraction of sp³-hybridized carbons (Fsp3) is 0.381. The molecule has 28 heavy (non-hydrogen) atoms. The number of rotatable bonds is 4. The molecule has 4 unspecified atom stereocenters. The number of ether oxygens (including phenoxy) is 1. The average molecular weight is 425 g/mol. The van der Waals surface area contributed by atoms with Crippen LogP contribution in [0.5, 0.6) is 5.75 Å². The van der Waals surface area contributed by atoms with E-state index in [1.165, 1.54) is 18.2 Å². The van der Waals surface area contributed by atoms with Gasteiger partial charge in [0.05, 0.1) is 5.02 Å². The van der Waals surface area contributed by atoms with Crippen LogP contribution in [0.2, 0.25) is 5.02 Å². The van der Waals surface area contributed by atoms with Crippen LogP contribution >= 0.6 is 24.0 Å². The summed E-state index contributed by atoms with van der Waals surface area (Å²) in [5, 5.41) is 0.143. The number of likely N-dealkylation sites (tertiary alicyclic amines) is 1. The van der Waals surface area contributed by atoms with Gasteiger partial charge in [-0.15, -0.1) is 12.4 Å². The van der Waals surface area contributed by atoms with Crippen LogP contribution < -0.4 is 10.5 Å². The number of halogens is 3. The molecule has 2 aromatic carbocycles. The topological polar surface area (TPSA) is 55.6 Å². The van der Waals surface area contributed by atoms with E-state index in [9.17, 15) is 9.18 Å². The molecule has 2 aliphatic rings. The van der Waals surface area contributed by atoms with Crippen molar-refractivity contribution in [3.05, 3.63) is 64.9 Å². The Kier molecular flexibility index (Phi) is 6.48. The van der Waals surface area contributed by atoms with Crippen molar-refractivity contribution in [2.75, 3.05) is 13.1 Å². The van der Waals surface area contributed by atoms with Gasteiger partial charge < -0.3 is 15.4 Å². The number of nitrogens with zero attached hydrogens (tertiary/aromatic N) is 1. The molecule has 1 aliphatic carbocycles. The van der Waals surface area contributed by atoms with Crippen molar-refractivity contribution in [3.63, 3.8) is 0 Å². The molecule has 1 heterocycles. The zero-order chi connectivity index (χ0) is 19.0. The minimum atomic E-state index is -0.829. The van der Waals surface area contributed by atoms with Gasteiger partial charge in [0.15, 0.2) is 0 Å². The molecular weight excluding hydrogens is 402 g/mol. The predicted molar refractivity (Wildman–Crippen MR) is 109 cm³/mol. The van der Waals surface area contributed by atoms with Crippen molar-refractivity contribution in [2.45, 2.75) is 25.0 Å². The summed E-state index contributed by atoms with van der Waals surface area (Å²) in [6.45, 7) is 1.37. The fourth-order valence-electron chi connectivity index (χ4n) is 4.24. The maximum Gasteiger partial charge on any atom is 0.268 e. The van der Waals surface area contributed by atoms with Crippen LogP contribution in [-0.2, 0) is 4.79 Å². The van der Waals surface area contributed by atoms with Gasteiger partial charge >= 0.3 is 0 Å². The van der Waals surface area contributed by atoms with Crippen LogP contribution in [0.4, 0.5) is 4.39 Å². The number of carbonyl (C=O) groups is 1. The van der Waals surface area contributed by atoms with Crippen LogP contribution in [0.15, 0.2) is 48.5 Å². The van der Waals surface area contributed by atoms with Gasteiger partial charge in [0.25, 0.3) is 5.91 Å². The molecule has 0 aromatic heterocycles. The van der Waals surface area contributed by atoms with Crippen molar-refractivity contribution >= 4 is 29.9 Å². The van der Waals surface area contributed by atoms with Gasteiger partial charge in [-0.2, -0.15) is 0 Å². The predicted octanol–water partition coefficient (Wildman–Crippen LogP) is 4.22. The number of hydrogen-bond acceptors (Lipinski definition) is 3. The van der Waals surface area contributed by atoms with Gasteiger partial charge in [0, 0.05) is 24.7 Å². The Bertz CT molecular complexity index is 836. The summed E-state index contributed by atoms with van der Waals surface area (Å²) in [5.41, 5.74) is 6.94. The molecule has 4 rings (SSSR count). The van der Waals surface area contributed by atoms with E-state index >= 15 is 0 Å². The fourth-order valence-corrected chi connectivity index (χ4v) is 4.45. The van der Waals surface area contributed by atoms with E-state index in [1.807, 2.05) is 35.2 Å². The Morgan fingerprint density at radius 2 is 1.93 bits per heavy atom. The third kappa shape index (κ3) is 4.12. The second-order valence-corrected chi connectivity index (χ2v) is 7.80. The van der Waals surface area contributed by atoms with Crippen LogP contribution in [-0.4, -0.2) is 29.9 Å². The van der Waals surface area contributed by atoms with Gasteiger partial charge in [-0.3, -0.25) is 4.79 Å². The van der Waals surface area contributed by atoms with Crippen LogP contribution in [0.25, 0.3) is 0 Å². The van der Waals surface area contributed by atoms with Gasteiger partial charge in [-0.25, -0.2) is 4.39 Å². The second kappa shape index (κ2) is 8.68. The third-order valence-electron chi connectivity index (χ3n) is 5.69. The zero-order valence-electron chi connectivity index (χ0n) is 15.3. The summed E-state index contributed by atoms with van der Waals surface area (Å²) in [7, 11) is 0. The Labute approximate surface area is 175 Å². The molecule has 1 saturated heterocycles. The molecule has 7 heteroatoms. The van der Waals surface area contributed by atoms with Crippen molar-refractivity contribution in [1.82, 2.24) is 4.90 Å². The molecule has 150 valence electrons. The average Bonchev–Trinajstić information content (AvgIpc) is 3.24. The van der Waals surface area contributed by atoms with Crippen LogP contribution in [0, 0.1) is 17.7 Å². The smallest absolute Gasteiger partial charge is 0.268 e. The molecule has 2 N–H and O–H groups in total. The highest BCUT2D eigenvalue weighted by molar-refractivity contribution is 6.32. The highest BCUT2D eigenvalue weighted by atomic mass is 35.5. The molecule has 2 aromatic rings. The number of carbonyl (C=O) groups excluding carboxylic acids is 1. The number of fused-ring (bicyclic) bond motifs is 1. The lowest BCUT2D eigenvalue weighted by molar-refractivity contribution is -0.138. The highest BCUT2D eigenvalue weighted by Gasteiger charge is 2.44. The maximum atomic E-state index is 13.4. The van der Waals surface area contributed by atoms with E-state index in [2.05, 4.69) is 0 Å². The Hall–Kier alpha value is -1.82. The number of hydrogen-bond donors (Lipinski definition) is 1. The Morgan fingerprint density at radius 1 is 1.18 bits per heavy atom. The molecule has 1 aliphatic heterocycles. The minimum Gasteiger partial charge on any atom is -0.474 e. The van der Waals surface area contributed by atoms with Crippen molar-refractivity contribution in [1.29, 1.82) is 0 Å². The molecule has 1 amide bonds. The van der Waals surface area contributed by atoms with Gasteiger partial charge in [0.2, 0.25) is 6.10 Å². The monoisotopic (exact) mass is 424 g/mol. The maximum absolute atomic E-state index is 13.4. The SMILES string of the molecule is Cl.NC1CCC2CN(C(=O)C(Oc3ccc(F)cc3Cl)c3ccccc3)CC12. The van der Waals surface area contributed by atoms with Gasteiger partial charge in [0.1, 0.15) is 11.6 Å². The van der Waals surface area contributed by atoms with Gasteiger partial charge in [-0.1, -0.05) is 41.9 Å². The van der Waals surface area contributed by atoms with Gasteiger partial charge in [-0.05, 0) is 42.9 Å². The number of amides is 1. The standard InChI is InChI=1S/C21H22ClFN2O2.ClH/c22-17-10-15(23)7-9-19(17)27-20(13-4-2-1-3-5-13)21(26)25-11-14-6-8-18(24)16(14)12-25;/h1-5,7,9-10,14,16,18,20H,6,8,11-12,24H2;1H. The lowest BCUT2D eigenvalue weighted by Gasteiger charge is -2.26. The van der Waals surface area contributed by atoms with E-state index in [4.69, 9.17) is 22.1 Å². The molecule has 0 bridgehead atoms. The first-order valence-corrected chi connectivity index (χ1v) is 9.62. The molecule has 0 radical (unpaired) electrons. The first-order chi connectivity index (χ1) is 13.0. The first kappa shape index (κ1) is 20.9. The Morgan fingerprint density at radius 3 is 2.61 bits per heavy atom. The van der Waals surface area contributed by atoms with E-state index < -0.39 is 11.9 Å². The molecule has 1 saturated carbocycles. The van der Waals surface area contributed by atoms with Crippen molar-refractivity contribution in [2.24, 2.45) is 17.6 Å². The van der Waals surface area contributed by atoms with E-state index in [1.54, 1.807) is 0 Å². The van der Waals surface area contributed by atoms with E-state index in [0.717, 1.165) is 18.4 Å². The second-order valence-electron chi connectivity index (χ2n) is 7.39. The van der Waals surface area contributed by atoms with Crippen LogP contribution in [0.1, 0.15) is 24.5 Å². The quantitative estimate of drug-likeness (QED) is 0.799. The number of benzene rings is 2. The summed E-state index contributed by atoms with van der Waals surface area (Å²) in [4.78, 5) is 15.2. The van der Waals surface area contributed by atoms with Crippen molar-refractivity contribution in [3.8, 4) is 5.75 Å². The molecule has 2 fully saturated rings. The minimum absolute atomic E-state index is 0. The summed E-state index contributed by atoms with van der Waals surface area (Å²) < 4.78 is 19.3.